The molecule has 0 spiro atoms. The predicted octanol–water partition coefficient (Wildman–Crippen LogP) is 3.58. The Kier molecular flexibility index (Phi) is 5.43. The summed E-state index contributed by atoms with van der Waals surface area (Å²) < 4.78 is 16.1. The van der Waals surface area contributed by atoms with Gasteiger partial charge in [0, 0.05) is 30.9 Å². The van der Waals surface area contributed by atoms with E-state index in [1.807, 2.05) is 13.8 Å². The van der Waals surface area contributed by atoms with Crippen LogP contribution in [-0.2, 0) is 11.2 Å². The van der Waals surface area contributed by atoms with E-state index in [1.165, 1.54) is 0 Å². The van der Waals surface area contributed by atoms with E-state index in [-0.39, 0.29) is 11.8 Å². The molecule has 3 rings (SSSR count). The largest absolute Gasteiger partial charge is 0.486 e. The number of nitrogens with zero attached hydrogens (tertiary/aromatic N) is 2. The van der Waals surface area contributed by atoms with Crippen LogP contribution in [0.3, 0.4) is 0 Å². The molecule has 0 radical (unpaired) electrons. The van der Waals surface area contributed by atoms with E-state index in [0.29, 0.717) is 66.4 Å². The fourth-order valence-corrected chi connectivity index (χ4v) is 2.58. The molecular weight excluding hydrogens is 346 g/mol. The number of hydrogen-bond acceptors (Lipinski definition) is 6. The molecule has 1 N–H and O–H groups in total. The molecule has 0 unspecified atom stereocenters. The summed E-state index contributed by atoms with van der Waals surface area (Å²) in [6.07, 6.45) is 1.49. The van der Waals surface area contributed by atoms with E-state index in [2.05, 4.69) is 15.5 Å². The van der Waals surface area contributed by atoms with Crippen LogP contribution in [0, 0.1) is 0 Å². The molecule has 134 valence electrons. The standard InChI is InChI=1S/C17H20ClN3O4/c1-10(2)17-20-16(25-21-17)5-3-4-15(22)19-12-9-14-13(8-11(12)18)23-6-7-24-14/h8-10H,3-7H2,1-2H3,(H,19,22). The minimum atomic E-state index is -0.137. The number of benzene rings is 1. The second kappa shape index (κ2) is 7.74. The van der Waals surface area contributed by atoms with E-state index < -0.39 is 0 Å². The number of carbonyl (C=O) groups is 1. The van der Waals surface area contributed by atoms with Gasteiger partial charge in [0.25, 0.3) is 0 Å². The van der Waals surface area contributed by atoms with Crippen molar-refractivity contribution < 1.29 is 18.8 Å². The van der Waals surface area contributed by atoms with E-state index in [9.17, 15) is 4.79 Å². The van der Waals surface area contributed by atoms with E-state index >= 15 is 0 Å². The molecule has 2 aromatic rings. The van der Waals surface area contributed by atoms with Crippen molar-refractivity contribution in [1.29, 1.82) is 0 Å². The highest BCUT2D eigenvalue weighted by atomic mass is 35.5. The van der Waals surface area contributed by atoms with Crippen molar-refractivity contribution in [2.24, 2.45) is 0 Å². The first-order valence-electron chi connectivity index (χ1n) is 8.24. The Labute approximate surface area is 150 Å². The molecule has 0 aliphatic carbocycles. The maximum absolute atomic E-state index is 12.1. The molecule has 7 nitrogen and oxygen atoms in total. The summed E-state index contributed by atoms with van der Waals surface area (Å²) in [5.41, 5.74) is 0.510. The Morgan fingerprint density at radius 3 is 2.68 bits per heavy atom. The lowest BCUT2D eigenvalue weighted by molar-refractivity contribution is -0.116. The number of amides is 1. The van der Waals surface area contributed by atoms with Crippen LogP contribution in [0.4, 0.5) is 5.69 Å². The summed E-state index contributed by atoms with van der Waals surface area (Å²) in [7, 11) is 0. The predicted molar refractivity (Wildman–Crippen MR) is 92.4 cm³/mol. The second-order valence-corrected chi connectivity index (χ2v) is 6.49. The van der Waals surface area contributed by atoms with Crippen LogP contribution in [0.2, 0.25) is 5.02 Å². The average molecular weight is 366 g/mol. The van der Waals surface area contributed by atoms with Gasteiger partial charge in [-0.15, -0.1) is 0 Å². The molecule has 1 aliphatic heterocycles. The van der Waals surface area contributed by atoms with Crippen LogP contribution >= 0.6 is 11.6 Å². The van der Waals surface area contributed by atoms with Crippen molar-refractivity contribution in [3.63, 3.8) is 0 Å². The highest BCUT2D eigenvalue weighted by molar-refractivity contribution is 6.34. The molecule has 0 bridgehead atoms. The van der Waals surface area contributed by atoms with Crippen molar-refractivity contribution in [3.05, 3.63) is 28.9 Å². The van der Waals surface area contributed by atoms with Gasteiger partial charge in [-0.25, -0.2) is 0 Å². The smallest absolute Gasteiger partial charge is 0.226 e. The summed E-state index contributed by atoms with van der Waals surface area (Å²) in [6, 6.07) is 3.33. The van der Waals surface area contributed by atoms with Gasteiger partial charge in [-0.3, -0.25) is 4.79 Å². The van der Waals surface area contributed by atoms with Gasteiger partial charge in [0.1, 0.15) is 13.2 Å². The number of rotatable bonds is 6. The average Bonchev–Trinajstić information content (AvgIpc) is 3.05. The topological polar surface area (TPSA) is 86.5 Å². The monoisotopic (exact) mass is 365 g/mol. The molecule has 8 heteroatoms. The first-order chi connectivity index (χ1) is 12.0. The van der Waals surface area contributed by atoms with E-state index in [1.54, 1.807) is 12.1 Å². The maximum atomic E-state index is 12.1. The van der Waals surface area contributed by atoms with Gasteiger partial charge >= 0.3 is 0 Å². The number of nitrogens with one attached hydrogen (secondary N) is 1. The fourth-order valence-electron chi connectivity index (χ4n) is 2.38. The summed E-state index contributed by atoms with van der Waals surface area (Å²) >= 11 is 6.18. The minimum Gasteiger partial charge on any atom is -0.486 e. The minimum absolute atomic E-state index is 0.137. The number of fused-ring (bicyclic) bond motifs is 1. The third-order valence-electron chi connectivity index (χ3n) is 3.70. The lowest BCUT2D eigenvalue weighted by Gasteiger charge is -2.20. The zero-order chi connectivity index (χ0) is 17.8. The Morgan fingerprint density at radius 1 is 1.28 bits per heavy atom. The lowest BCUT2D eigenvalue weighted by atomic mass is 10.2. The molecule has 25 heavy (non-hydrogen) atoms. The van der Waals surface area contributed by atoms with Crippen LogP contribution < -0.4 is 14.8 Å². The first-order valence-corrected chi connectivity index (χ1v) is 8.62. The van der Waals surface area contributed by atoms with Crippen molar-refractivity contribution in [3.8, 4) is 11.5 Å². The number of aromatic nitrogens is 2. The molecule has 0 saturated carbocycles. The van der Waals surface area contributed by atoms with Gasteiger partial charge in [0.05, 0.1) is 10.7 Å². The van der Waals surface area contributed by atoms with Gasteiger partial charge in [0.15, 0.2) is 17.3 Å². The summed E-state index contributed by atoms with van der Waals surface area (Å²) in [5, 5.41) is 7.11. The van der Waals surface area contributed by atoms with E-state index in [4.69, 9.17) is 25.6 Å². The molecule has 1 aliphatic rings. The molecule has 2 heterocycles. The fraction of sp³-hybridized carbons (Fsp3) is 0.471. The molecule has 0 atom stereocenters. The zero-order valence-corrected chi connectivity index (χ0v) is 14.9. The molecule has 1 aromatic carbocycles. The lowest BCUT2D eigenvalue weighted by Crippen LogP contribution is -2.16. The summed E-state index contributed by atoms with van der Waals surface area (Å²) in [5.74, 6) is 2.49. The zero-order valence-electron chi connectivity index (χ0n) is 14.2. The number of hydrogen-bond donors (Lipinski definition) is 1. The van der Waals surface area contributed by atoms with Crippen LogP contribution in [-0.4, -0.2) is 29.3 Å². The number of carbonyl (C=O) groups excluding carboxylic acids is 1. The van der Waals surface area contributed by atoms with Crippen molar-refractivity contribution in [2.45, 2.75) is 39.0 Å². The molecular formula is C17H20ClN3O4. The number of halogens is 1. The third-order valence-corrected chi connectivity index (χ3v) is 4.01. The maximum Gasteiger partial charge on any atom is 0.226 e. The third kappa shape index (κ3) is 4.42. The van der Waals surface area contributed by atoms with Gasteiger partial charge in [-0.05, 0) is 6.42 Å². The van der Waals surface area contributed by atoms with Crippen molar-refractivity contribution >= 4 is 23.2 Å². The Hall–Kier alpha value is -2.28. The molecule has 0 fully saturated rings. The summed E-state index contributed by atoms with van der Waals surface area (Å²) in [4.78, 5) is 16.4. The number of aryl methyl sites for hydroxylation is 1. The highest BCUT2D eigenvalue weighted by Gasteiger charge is 2.16. The molecule has 1 aromatic heterocycles. The van der Waals surface area contributed by atoms with Crippen LogP contribution in [0.5, 0.6) is 11.5 Å². The van der Waals surface area contributed by atoms with Crippen molar-refractivity contribution in [2.75, 3.05) is 18.5 Å². The SMILES string of the molecule is CC(C)c1noc(CCCC(=O)Nc2cc3c(cc2Cl)OCCO3)n1. The second-order valence-electron chi connectivity index (χ2n) is 6.08. The Balaban J connectivity index is 1.52. The first kappa shape index (κ1) is 17.5. The van der Waals surface area contributed by atoms with Gasteiger partial charge in [-0.2, -0.15) is 4.98 Å². The van der Waals surface area contributed by atoms with Gasteiger partial charge < -0.3 is 19.3 Å². The normalized spacial score (nSPS) is 13.1. The van der Waals surface area contributed by atoms with E-state index in [0.717, 1.165) is 0 Å². The van der Waals surface area contributed by atoms with Crippen molar-refractivity contribution in [1.82, 2.24) is 10.1 Å². The van der Waals surface area contributed by atoms with Crippen LogP contribution in [0.15, 0.2) is 16.7 Å². The highest BCUT2D eigenvalue weighted by Crippen LogP contribution is 2.38. The Bertz CT molecular complexity index is 760. The van der Waals surface area contributed by atoms with Gasteiger partial charge in [-0.1, -0.05) is 30.6 Å². The van der Waals surface area contributed by atoms with Gasteiger partial charge in [0.2, 0.25) is 11.8 Å². The molecule has 0 saturated heterocycles. The quantitative estimate of drug-likeness (QED) is 0.841. The number of anilines is 1. The molecule has 1 amide bonds. The van der Waals surface area contributed by atoms with Crippen LogP contribution in [0.25, 0.3) is 0 Å². The summed E-state index contributed by atoms with van der Waals surface area (Å²) in [6.45, 7) is 4.96. The van der Waals surface area contributed by atoms with Crippen LogP contribution in [0.1, 0.15) is 44.3 Å². The number of ether oxygens (including phenoxy) is 2. The Morgan fingerprint density at radius 2 is 2.00 bits per heavy atom.